The molecular formula is C28H27F2N3O6S. The van der Waals surface area contributed by atoms with Crippen molar-refractivity contribution >= 4 is 33.4 Å². The summed E-state index contributed by atoms with van der Waals surface area (Å²) in [7, 11) is 1.51. The second-order valence-electron chi connectivity index (χ2n) is 9.97. The van der Waals surface area contributed by atoms with Crippen molar-refractivity contribution in [2.24, 2.45) is 7.05 Å². The van der Waals surface area contributed by atoms with E-state index in [9.17, 15) is 28.0 Å². The number of rotatable bonds is 8. The second-order valence-corrected chi connectivity index (χ2v) is 11.0. The Bertz CT molecular complexity index is 1680. The molecule has 2 aromatic heterocycles. The van der Waals surface area contributed by atoms with E-state index in [4.69, 9.17) is 4.74 Å². The summed E-state index contributed by atoms with van der Waals surface area (Å²) in [5.41, 5.74) is -0.245. The van der Waals surface area contributed by atoms with Crippen LogP contribution in [0.2, 0.25) is 0 Å². The molecule has 210 valence electrons. The fourth-order valence-electron chi connectivity index (χ4n) is 3.90. The van der Waals surface area contributed by atoms with Crippen LogP contribution in [0.3, 0.4) is 0 Å². The number of alkyl halides is 2. The van der Waals surface area contributed by atoms with Crippen molar-refractivity contribution in [3.8, 4) is 5.75 Å². The van der Waals surface area contributed by atoms with Crippen LogP contribution in [-0.4, -0.2) is 33.2 Å². The van der Waals surface area contributed by atoms with Crippen LogP contribution in [0.5, 0.6) is 5.75 Å². The van der Waals surface area contributed by atoms with Crippen LogP contribution in [0.25, 0.3) is 10.2 Å². The molecule has 9 nitrogen and oxygen atoms in total. The van der Waals surface area contributed by atoms with Crippen LogP contribution in [0.4, 0.5) is 8.78 Å². The number of nitrogens with zero attached hydrogens (tertiary/aromatic N) is 2. The van der Waals surface area contributed by atoms with Gasteiger partial charge in [0.2, 0.25) is 0 Å². The molecule has 0 saturated heterocycles. The first-order chi connectivity index (χ1) is 18.8. The average molecular weight is 572 g/mol. The van der Waals surface area contributed by atoms with Crippen molar-refractivity contribution in [3.05, 3.63) is 97.0 Å². The van der Waals surface area contributed by atoms with Crippen LogP contribution in [0.15, 0.2) is 64.2 Å². The highest BCUT2D eigenvalue weighted by Gasteiger charge is 2.20. The van der Waals surface area contributed by atoms with E-state index in [0.29, 0.717) is 21.5 Å². The quantitative estimate of drug-likeness (QED) is 0.316. The first-order valence-corrected chi connectivity index (χ1v) is 13.0. The number of carbonyl (C=O) groups is 2. The normalized spacial score (nSPS) is 11.6. The van der Waals surface area contributed by atoms with Gasteiger partial charge in [-0.3, -0.25) is 18.7 Å². The summed E-state index contributed by atoms with van der Waals surface area (Å²) in [6.07, 6.45) is 0. The van der Waals surface area contributed by atoms with Crippen molar-refractivity contribution in [1.82, 2.24) is 14.5 Å². The first kappa shape index (κ1) is 28.7. The highest BCUT2D eigenvalue weighted by molar-refractivity contribution is 7.20. The minimum atomic E-state index is -2.96. The molecule has 0 spiro atoms. The Labute approximate surface area is 231 Å². The van der Waals surface area contributed by atoms with Crippen molar-refractivity contribution in [1.29, 1.82) is 0 Å². The lowest BCUT2D eigenvalue weighted by molar-refractivity contribution is -0.0499. The smallest absolute Gasteiger partial charge is 0.387 e. The molecule has 0 atom stereocenters. The molecule has 1 amide bonds. The van der Waals surface area contributed by atoms with E-state index in [1.807, 2.05) is 0 Å². The number of hydrogen-bond donors (Lipinski definition) is 1. The molecule has 12 heteroatoms. The number of nitrogens with one attached hydrogen (secondary N) is 1. The van der Waals surface area contributed by atoms with Crippen molar-refractivity contribution < 1.29 is 27.8 Å². The average Bonchev–Trinajstić information content (AvgIpc) is 3.34. The Morgan fingerprint density at radius 1 is 1.02 bits per heavy atom. The summed E-state index contributed by atoms with van der Waals surface area (Å²) in [5, 5.41) is 2.89. The molecule has 0 aliphatic heterocycles. The number of hydrogen-bond acceptors (Lipinski definition) is 7. The van der Waals surface area contributed by atoms with Gasteiger partial charge in [-0.2, -0.15) is 8.78 Å². The number of ether oxygens (including phenoxy) is 2. The van der Waals surface area contributed by atoms with E-state index in [-0.39, 0.29) is 29.1 Å². The topological polar surface area (TPSA) is 109 Å². The monoisotopic (exact) mass is 571 g/mol. The molecule has 0 radical (unpaired) electrons. The summed E-state index contributed by atoms with van der Waals surface area (Å²) < 4.78 is 37.0. The fraction of sp³-hybridized carbons (Fsp3) is 0.286. The van der Waals surface area contributed by atoms with Gasteiger partial charge >= 0.3 is 18.3 Å². The number of halogens is 2. The predicted molar refractivity (Wildman–Crippen MR) is 146 cm³/mol. The van der Waals surface area contributed by atoms with Gasteiger partial charge < -0.3 is 14.8 Å². The van der Waals surface area contributed by atoms with E-state index in [1.54, 1.807) is 51.1 Å². The standard InChI is InChI=1S/C28H27F2N3O6S/c1-28(2,3)39-25(36)18-10-8-16(9-11-18)15-33-23(35)20-13-21(40-24(20)32(4)27(33)37)22(34)31-14-17-6-5-7-19(12-17)38-26(29)30/h5-13,26H,14-15H2,1-4H3,(H,31,34). The third-order valence-corrected chi connectivity index (χ3v) is 6.95. The van der Waals surface area contributed by atoms with Crippen LogP contribution < -0.4 is 21.3 Å². The highest BCUT2D eigenvalue weighted by atomic mass is 32.1. The number of thiophene rings is 1. The third kappa shape index (κ3) is 6.63. The Morgan fingerprint density at radius 3 is 2.38 bits per heavy atom. The van der Waals surface area contributed by atoms with E-state index in [0.717, 1.165) is 15.9 Å². The van der Waals surface area contributed by atoms with Gasteiger partial charge in [-0.15, -0.1) is 11.3 Å². The maximum absolute atomic E-state index is 13.3. The molecule has 0 aliphatic carbocycles. The van der Waals surface area contributed by atoms with Crippen molar-refractivity contribution in [2.75, 3.05) is 0 Å². The maximum atomic E-state index is 13.3. The number of aromatic nitrogens is 2. The molecule has 0 fully saturated rings. The zero-order valence-electron chi connectivity index (χ0n) is 22.2. The summed E-state index contributed by atoms with van der Waals surface area (Å²) in [6, 6.07) is 13.8. The number of aryl methyl sites for hydroxylation is 1. The Hall–Kier alpha value is -4.32. The van der Waals surface area contributed by atoms with Crippen LogP contribution >= 0.6 is 11.3 Å². The summed E-state index contributed by atoms with van der Waals surface area (Å²) in [5.74, 6) is -0.997. The SMILES string of the molecule is Cn1c(=O)n(Cc2ccc(C(=O)OC(C)(C)C)cc2)c(=O)c2cc(C(=O)NCc3cccc(OC(F)F)c3)sc21. The third-order valence-electron chi connectivity index (χ3n) is 5.74. The fourth-order valence-corrected chi connectivity index (χ4v) is 4.92. The molecule has 4 aromatic rings. The van der Waals surface area contributed by atoms with Gasteiger partial charge in [0.15, 0.2) is 0 Å². The number of fused-ring (bicyclic) bond motifs is 1. The molecule has 0 unspecified atom stereocenters. The molecule has 2 heterocycles. The molecule has 1 N–H and O–H groups in total. The Morgan fingerprint density at radius 2 is 1.73 bits per heavy atom. The number of benzene rings is 2. The van der Waals surface area contributed by atoms with Crippen LogP contribution in [0, 0.1) is 0 Å². The predicted octanol–water partition coefficient (Wildman–Crippen LogP) is 4.30. The zero-order valence-corrected chi connectivity index (χ0v) is 23.0. The van der Waals surface area contributed by atoms with Gasteiger partial charge in [0.05, 0.1) is 22.4 Å². The molecular weight excluding hydrogens is 544 g/mol. The number of amides is 1. The van der Waals surface area contributed by atoms with Gasteiger partial charge in [0, 0.05) is 13.6 Å². The molecule has 40 heavy (non-hydrogen) atoms. The Kier molecular flexibility index (Phi) is 8.19. The van der Waals surface area contributed by atoms with Gasteiger partial charge in [-0.1, -0.05) is 24.3 Å². The summed E-state index contributed by atoms with van der Waals surface area (Å²) in [6.45, 7) is 2.34. The lowest BCUT2D eigenvalue weighted by Gasteiger charge is -2.19. The van der Waals surface area contributed by atoms with Gasteiger partial charge in [-0.05, 0) is 62.2 Å². The van der Waals surface area contributed by atoms with Gasteiger partial charge in [-0.25, -0.2) is 9.59 Å². The summed E-state index contributed by atoms with van der Waals surface area (Å²) >= 11 is 0.994. The second kappa shape index (κ2) is 11.4. The zero-order chi connectivity index (χ0) is 29.2. The lowest BCUT2D eigenvalue weighted by Crippen LogP contribution is -2.38. The maximum Gasteiger partial charge on any atom is 0.387 e. The lowest BCUT2D eigenvalue weighted by atomic mass is 10.1. The molecule has 0 aliphatic rings. The Balaban J connectivity index is 1.54. The van der Waals surface area contributed by atoms with Crippen LogP contribution in [0.1, 0.15) is 51.9 Å². The van der Waals surface area contributed by atoms with E-state index < -0.39 is 35.3 Å². The van der Waals surface area contributed by atoms with Crippen molar-refractivity contribution in [3.63, 3.8) is 0 Å². The summed E-state index contributed by atoms with van der Waals surface area (Å²) in [4.78, 5) is 51.9. The molecule has 0 saturated carbocycles. The largest absolute Gasteiger partial charge is 0.456 e. The van der Waals surface area contributed by atoms with Gasteiger partial charge in [0.1, 0.15) is 16.2 Å². The number of carbonyl (C=O) groups excluding carboxylic acids is 2. The van der Waals surface area contributed by atoms with E-state index in [1.165, 1.54) is 35.9 Å². The first-order valence-electron chi connectivity index (χ1n) is 12.2. The minimum absolute atomic E-state index is 0.0290. The molecule has 2 aromatic carbocycles. The minimum Gasteiger partial charge on any atom is -0.456 e. The molecule has 4 rings (SSSR count). The van der Waals surface area contributed by atoms with E-state index >= 15 is 0 Å². The number of esters is 1. The van der Waals surface area contributed by atoms with Crippen molar-refractivity contribution in [2.45, 2.75) is 46.1 Å². The molecule has 0 bridgehead atoms. The van der Waals surface area contributed by atoms with Gasteiger partial charge in [0.25, 0.3) is 11.5 Å². The van der Waals surface area contributed by atoms with E-state index in [2.05, 4.69) is 10.1 Å². The highest BCUT2D eigenvalue weighted by Crippen LogP contribution is 2.22. The van der Waals surface area contributed by atoms with Crippen LogP contribution in [-0.2, 0) is 24.9 Å².